The highest BCUT2D eigenvalue weighted by Gasteiger charge is 2.13. The Morgan fingerprint density at radius 3 is 2.94 bits per heavy atom. The van der Waals surface area contributed by atoms with E-state index in [1.54, 1.807) is 6.92 Å². The predicted octanol–water partition coefficient (Wildman–Crippen LogP) is 1.54. The number of rotatable bonds is 3. The molecule has 2 aromatic rings. The molecule has 0 bridgehead atoms. The second-order valence-corrected chi connectivity index (χ2v) is 4.12. The second-order valence-electron chi connectivity index (χ2n) is 3.68. The van der Waals surface area contributed by atoms with Crippen molar-refractivity contribution in [3.8, 4) is 0 Å². The lowest BCUT2D eigenvalue weighted by Crippen LogP contribution is -2.22. The number of hydrogen-bond acceptors (Lipinski definition) is 4. The molecule has 0 radical (unpaired) electrons. The standard InChI is InChI=1S/C11H9ClN2O4/c1-6-7(2-9(18-6)10(15)16)4-14-5-8(12)3-13-11(14)17/h2-3,5H,4H2,1H3,(H,15,16). The van der Waals surface area contributed by atoms with Crippen LogP contribution in [0.5, 0.6) is 0 Å². The van der Waals surface area contributed by atoms with Crippen molar-refractivity contribution in [2.24, 2.45) is 0 Å². The van der Waals surface area contributed by atoms with Gasteiger partial charge in [-0.3, -0.25) is 4.57 Å². The normalized spacial score (nSPS) is 10.6. The molecule has 0 atom stereocenters. The monoisotopic (exact) mass is 268 g/mol. The third-order valence-electron chi connectivity index (χ3n) is 2.40. The molecular formula is C11H9ClN2O4. The first-order valence-corrected chi connectivity index (χ1v) is 5.40. The van der Waals surface area contributed by atoms with Crippen LogP contribution in [0.1, 0.15) is 21.9 Å². The quantitative estimate of drug-likeness (QED) is 0.913. The zero-order valence-electron chi connectivity index (χ0n) is 9.38. The van der Waals surface area contributed by atoms with Crippen molar-refractivity contribution in [3.05, 3.63) is 51.1 Å². The van der Waals surface area contributed by atoms with Gasteiger partial charge in [0.05, 0.1) is 17.8 Å². The number of carboxylic acid groups (broad SMARTS) is 1. The van der Waals surface area contributed by atoms with Crippen LogP contribution in [0.3, 0.4) is 0 Å². The van der Waals surface area contributed by atoms with Crippen LogP contribution in [0.15, 0.2) is 27.7 Å². The van der Waals surface area contributed by atoms with Gasteiger partial charge in [0.25, 0.3) is 0 Å². The van der Waals surface area contributed by atoms with Gasteiger partial charge in [-0.15, -0.1) is 0 Å². The largest absolute Gasteiger partial charge is 0.475 e. The fourth-order valence-corrected chi connectivity index (χ4v) is 1.67. The molecule has 7 heteroatoms. The van der Waals surface area contributed by atoms with Crippen LogP contribution in [0.25, 0.3) is 0 Å². The average molecular weight is 269 g/mol. The van der Waals surface area contributed by atoms with E-state index >= 15 is 0 Å². The van der Waals surface area contributed by atoms with Gasteiger partial charge in [-0.2, -0.15) is 0 Å². The Morgan fingerprint density at radius 2 is 2.33 bits per heavy atom. The molecule has 2 rings (SSSR count). The highest BCUT2D eigenvalue weighted by molar-refractivity contribution is 6.30. The Bertz CT molecular complexity index is 659. The third kappa shape index (κ3) is 2.43. The molecule has 0 amide bonds. The van der Waals surface area contributed by atoms with Crippen molar-refractivity contribution in [1.29, 1.82) is 0 Å². The molecule has 94 valence electrons. The summed E-state index contributed by atoms with van der Waals surface area (Å²) in [7, 11) is 0. The molecule has 18 heavy (non-hydrogen) atoms. The summed E-state index contributed by atoms with van der Waals surface area (Å²) in [4.78, 5) is 25.8. The molecule has 2 heterocycles. The van der Waals surface area contributed by atoms with Crippen LogP contribution in [0.2, 0.25) is 5.02 Å². The minimum atomic E-state index is -1.15. The highest BCUT2D eigenvalue weighted by atomic mass is 35.5. The second kappa shape index (κ2) is 4.66. The van der Waals surface area contributed by atoms with E-state index < -0.39 is 11.7 Å². The number of nitrogens with zero attached hydrogens (tertiary/aromatic N) is 2. The Morgan fingerprint density at radius 1 is 1.61 bits per heavy atom. The Hall–Kier alpha value is -2.08. The topological polar surface area (TPSA) is 85.3 Å². The number of hydrogen-bond donors (Lipinski definition) is 1. The van der Waals surface area contributed by atoms with E-state index in [1.807, 2.05) is 0 Å². The van der Waals surface area contributed by atoms with E-state index in [-0.39, 0.29) is 12.3 Å². The van der Waals surface area contributed by atoms with Crippen molar-refractivity contribution in [3.63, 3.8) is 0 Å². The number of furan rings is 1. The van der Waals surface area contributed by atoms with Crippen LogP contribution >= 0.6 is 11.6 Å². The Labute approximate surface area is 106 Å². The molecule has 0 aliphatic heterocycles. The lowest BCUT2D eigenvalue weighted by atomic mass is 10.2. The molecule has 0 aliphatic carbocycles. The van der Waals surface area contributed by atoms with Gasteiger partial charge in [-0.25, -0.2) is 14.6 Å². The van der Waals surface area contributed by atoms with Gasteiger partial charge in [0, 0.05) is 11.8 Å². The van der Waals surface area contributed by atoms with Crippen molar-refractivity contribution < 1.29 is 14.3 Å². The van der Waals surface area contributed by atoms with Gasteiger partial charge >= 0.3 is 11.7 Å². The zero-order valence-corrected chi connectivity index (χ0v) is 10.1. The molecule has 0 saturated carbocycles. The van der Waals surface area contributed by atoms with E-state index in [4.69, 9.17) is 21.1 Å². The summed E-state index contributed by atoms with van der Waals surface area (Å²) in [6.07, 6.45) is 2.69. The number of aromatic carboxylic acids is 1. The fraction of sp³-hybridized carbons (Fsp3) is 0.182. The summed E-state index contributed by atoms with van der Waals surface area (Å²) in [5.41, 5.74) is 0.135. The molecule has 0 spiro atoms. The van der Waals surface area contributed by atoms with Gasteiger partial charge < -0.3 is 9.52 Å². The van der Waals surface area contributed by atoms with Crippen molar-refractivity contribution in [1.82, 2.24) is 9.55 Å². The summed E-state index contributed by atoms with van der Waals surface area (Å²) in [6.45, 7) is 1.79. The highest BCUT2D eigenvalue weighted by Crippen LogP contribution is 2.15. The smallest absolute Gasteiger partial charge is 0.371 e. The Kier molecular flexibility index (Phi) is 3.20. The van der Waals surface area contributed by atoms with Crippen LogP contribution in [-0.4, -0.2) is 20.6 Å². The number of carboxylic acids is 1. The number of aryl methyl sites for hydroxylation is 1. The molecule has 0 unspecified atom stereocenters. The summed E-state index contributed by atoms with van der Waals surface area (Å²) < 4.78 is 6.33. The van der Waals surface area contributed by atoms with Crippen molar-refractivity contribution in [2.75, 3.05) is 0 Å². The third-order valence-corrected chi connectivity index (χ3v) is 2.59. The van der Waals surface area contributed by atoms with Gasteiger partial charge in [-0.1, -0.05) is 11.6 Å². The van der Waals surface area contributed by atoms with Crippen LogP contribution in [0.4, 0.5) is 0 Å². The summed E-state index contributed by atoms with van der Waals surface area (Å²) in [5.74, 6) is -0.870. The van der Waals surface area contributed by atoms with Gasteiger partial charge in [0.1, 0.15) is 5.76 Å². The lowest BCUT2D eigenvalue weighted by molar-refractivity contribution is 0.0661. The van der Waals surface area contributed by atoms with E-state index in [0.717, 1.165) is 0 Å². The first-order chi connectivity index (χ1) is 8.47. The maximum absolute atomic E-state index is 11.5. The number of halogens is 1. The SMILES string of the molecule is Cc1oc(C(=O)O)cc1Cn1cc(Cl)cnc1=O. The minimum absolute atomic E-state index is 0.162. The van der Waals surface area contributed by atoms with Crippen molar-refractivity contribution >= 4 is 17.6 Å². The molecule has 0 aromatic carbocycles. The first-order valence-electron chi connectivity index (χ1n) is 5.02. The molecule has 0 aliphatic rings. The summed E-state index contributed by atoms with van der Waals surface area (Å²) in [5, 5.41) is 9.12. The number of aromatic nitrogens is 2. The van der Waals surface area contributed by atoms with E-state index in [1.165, 1.54) is 23.0 Å². The molecule has 6 nitrogen and oxygen atoms in total. The van der Waals surface area contributed by atoms with Crippen LogP contribution in [-0.2, 0) is 6.54 Å². The number of carbonyl (C=O) groups is 1. The molecule has 2 aromatic heterocycles. The fourth-order valence-electron chi connectivity index (χ4n) is 1.51. The maximum atomic E-state index is 11.5. The van der Waals surface area contributed by atoms with E-state index in [9.17, 15) is 9.59 Å². The van der Waals surface area contributed by atoms with Gasteiger partial charge in [0.15, 0.2) is 0 Å². The predicted molar refractivity (Wildman–Crippen MR) is 63.0 cm³/mol. The Balaban J connectivity index is 2.37. The zero-order chi connectivity index (χ0) is 13.3. The van der Waals surface area contributed by atoms with Gasteiger partial charge in [0.2, 0.25) is 5.76 Å². The average Bonchev–Trinajstić information content (AvgIpc) is 2.66. The molecular weight excluding hydrogens is 260 g/mol. The van der Waals surface area contributed by atoms with Crippen molar-refractivity contribution in [2.45, 2.75) is 13.5 Å². The van der Waals surface area contributed by atoms with Crippen LogP contribution < -0.4 is 5.69 Å². The van der Waals surface area contributed by atoms with E-state index in [2.05, 4.69) is 4.98 Å². The van der Waals surface area contributed by atoms with Gasteiger partial charge in [-0.05, 0) is 13.0 Å². The molecule has 1 N–H and O–H groups in total. The molecule has 0 saturated heterocycles. The molecule has 0 fully saturated rings. The maximum Gasteiger partial charge on any atom is 0.371 e. The van der Waals surface area contributed by atoms with E-state index in [0.29, 0.717) is 16.3 Å². The summed E-state index contributed by atoms with van der Waals surface area (Å²) >= 11 is 5.74. The summed E-state index contributed by atoms with van der Waals surface area (Å²) in [6, 6.07) is 1.38. The first kappa shape index (κ1) is 12.4. The van der Waals surface area contributed by atoms with Crippen LogP contribution in [0, 0.1) is 6.92 Å². The lowest BCUT2D eigenvalue weighted by Gasteiger charge is -2.03. The minimum Gasteiger partial charge on any atom is -0.475 e.